The Morgan fingerprint density at radius 1 is 1.47 bits per heavy atom. The van der Waals surface area contributed by atoms with Crippen molar-refractivity contribution in [3.05, 3.63) is 23.8 Å². The number of alkyl halides is 2. The van der Waals surface area contributed by atoms with Crippen molar-refractivity contribution in [2.75, 3.05) is 17.2 Å². The molecular formula is C10H10F2N2O. The van der Waals surface area contributed by atoms with Crippen LogP contribution < -0.4 is 10.6 Å². The first-order valence-electron chi connectivity index (χ1n) is 4.62. The molecule has 1 heterocycles. The van der Waals surface area contributed by atoms with E-state index in [2.05, 4.69) is 10.6 Å². The Morgan fingerprint density at radius 3 is 3.00 bits per heavy atom. The predicted molar refractivity (Wildman–Crippen MR) is 53.3 cm³/mol. The number of hydrogen-bond acceptors (Lipinski definition) is 2. The highest BCUT2D eigenvalue weighted by molar-refractivity contribution is 5.93. The first-order chi connectivity index (χ1) is 7.16. The lowest BCUT2D eigenvalue weighted by molar-refractivity contribution is -0.126. The summed E-state index contributed by atoms with van der Waals surface area (Å²) in [4.78, 5) is 10.7. The summed E-state index contributed by atoms with van der Waals surface area (Å²) in [5.41, 5.74) is 2.47. The number of carbonyl (C=O) groups is 1. The van der Waals surface area contributed by atoms with Crippen LogP contribution in [-0.4, -0.2) is 18.9 Å². The molecule has 0 fully saturated rings. The van der Waals surface area contributed by atoms with Crippen molar-refractivity contribution in [3.8, 4) is 0 Å². The second kappa shape index (κ2) is 3.84. The SMILES string of the molecule is O=C(Nc1ccc2c(c1)CCN2)C(F)F. The molecule has 0 bridgehead atoms. The molecule has 0 spiro atoms. The zero-order valence-electron chi connectivity index (χ0n) is 7.89. The molecular weight excluding hydrogens is 202 g/mol. The number of fused-ring (bicyclic) bond motifs is 1. The van der Waals surface area contributed by atoms with Crippen LogP contribution in [-0.2, 0) is 11.2 Å². The van der Waals surface area contributed by atoms with E-state index in [0.717, 1.165) is 24.2 Å². The molecule has 1 aromatic rings. The minimum Gasteiger partial charge on any atom is -0.384 e. The van der Waals surface area contributed by atoms with Crippen molar-refractivity contribution >= 4 is 17.3 Å². The Hall–Kier alpha value is -1.65. The third-order valence-electron chi connectivity index (χ3n) is 2.28. The Bertz CT molecular complexity index is 393. The van der Waals surface area contributed by atoms with Crippen LogP contribution in [0.25, 0.3) is 0 Å². The van der Waals surface area contributed by atoms with Crippen LogP contribution in [0.15, 0.2) is 18.2 Å². The van der Waals surface area contributed by atoms with E-state index in [1.54, 1.807) is 18.2 Å². The maximum Gasteiger partial charge on any atom is 0.315 e. The summed E-state index contributed by atoms with van der Waals surface area (Å²) in [6.45, 7) is 0.849. The van der Waals surface area contributed by atoms with Gasteiger partial charge in [0.1, 0.15) is 0 Å². The summed E-state index contributed by atoms with van der Waals surface area (Å²) in [7, 11) is 0. The van der Waals surface area contributed by atoms with E-state index >= 15 is 0 Å². The van der Waals surface area contributed by atoms with E-state index in [-0.39, 0.29) is 0 Å². The number of benzene rings is 1. The smallest absolute Gasteiger partial charge is 0.315 e. The third-order valence-corrected chi connectivity index (χ3v) is 2.28. The molecule has 0 saturated heterocycles. The van der Waals surface area contributed by atoms with E-state index in [1.807, 2.05) is 0 Å². The highest BCUT2D eigenvalue weighted by Crippen LogP contribution is 2.25. The van der Waals surface area contributed by atoms with E-state index < -0.39 is 12.3 Å². The average molecular weight is 212 g/mol. The van der Waals surface area contributed by atoms with Crippen LogP contribution in [0, 0.1) is 0 Å². The predicted octanol–water partition coefficient (Wildman–Crippen LogP) is 1.86. The average Bonchev–Trinajstić information content (AvgIpc) is 2.64. The van der Waals surface area contributed by atoms with Crippen LogP contribution in [0.5, 0.6) is 0 Å². The number of amides is 1. The molecule has 0 unspecified atom stereocenters. The van der Waals surface area contributed by atoms with Gasteiger partial charge in [0, 0.05) is 17.9 Å². The molecule has 15 heavy (non-hydrogen) atoms. The normalized spacial score (nSPS) is 13.5. The van der Waals surface area contributed by atoms with E-state index in [4.69, 9.17) is 0 Å². The number of carbonyl (C=O) groups excluding carboxylic acids is 1. The van der Waals surface area contributed by atoms with Gasteiger partial charge < -0.3 is 10.6 Å². The number of nitrogens with one attached hydrogen (secondary N) is 2. The third kappa shape index (κ3) is 2.06. The van der Waals surface area contributed by atoms with Gasteiger partial charge in [0.25, 0.3) is 5.91 Å². The van der Waals surface area contributed by atoms with Gasteiger partial charge in [-0.2, -0.15) is 8.78 Å². The Labute approximate surface area is 85.5 Å². The van der Waals surface area contributed by atoms with Gasteiger partial charge >= 0.3 is 6.43 Å². The lowest BCUT2D eigenvalue weighted by atomic mass is 10.1. The van der Waals surface area contributed by atoms with Crippen molar-refractivity contribution in [2.45, 2.75) is 12.8 Å². The highest BCUT2D eigenvalue weighted by Gasteiger charge is 2.16. The molecule has 5 heteroatoms. The quantitative estimate of drug-likeness (QED) is 0.785. The van der Waals surface area contributed by atoms with Gasteiger partial charge in [0.2, 0.25) is 0 Å². The fourth-order valence-electron chi connectivity index (χ4n) is 1.58. The van der Waals surface area contributed by atoms with Crippen LogP contribution in [0.3, 0.4) is 0 Å². The first-order valence-corrected chi connectivity index (χ1v) is 4.62. The fraction of sp³-hybridized carbons (Fsp3) is 0.300. The largest absolute Gasteiger partial charge is 0.384 e. The standard InChI is InChI=1S/C10H10F2N2O/c11-9(12)10(15)14-7-1-2-8-6(5-7)3-4-13-8/h1-2,5,9,13H,3-4H2,(H,14,15). The minimum atomic E-state index is -2.98. The highest BCUT2D eigenvalue weighted by atomic mass is 19.3. The molecule has 1 aliphatic rings. The summed E-state index contributed by atoms with van der Waals surface area (Å²) in [5.74, 6) is -1.26. The van der Waals surface area contributed by atoms with Crippen molar-refractivity contribution < 1.29 is 13.6 Å². The Kier molecular flexibility index (Phi) is 2.53. The molecule has 2 rings (SSSR count). The van der Waals surface area contributed by atoms with Gasteiger partial charge in [0.05, 0.1) is 0 Å². The first kappa shape index (κ1) is 9.89. The van der Waals surface area contributed by atoms with Crippen LogP contribution in [0.1, 0.15) is 5.56 Å². The summed E-state index contributed by atoms with van der Waals surface area (Å²) < 4.78 is 23.9. The second-order valence-corrected chi connectivity index (χ2v) is 3.34. The number of anilines is 2. The topological polar surface area (TPSA) is 41.1 Å². The number of hydrogen-bond donors (Lipinski definition) is 2. The molecule has 0 saturated carbocycles. The van der Waals surface area contributed by atoms with Crippen molar-refractivity contribution in [1.82, 2.24) is 0 Å². The van der Waals surface area contributed by atoms with Crippen molar-refractivity contribution in [3.63, 3.8) is 0 Å². The molecule has 0 atom stereocenters. The summed E-state index contributed by atoms with van der Waals surface area (Å²) >= 11 is 0. The van der Waals surface area contributed by atoms with Gasteiger partial charge in [-0.05, 0) is 30.2 Å². The molecule has 1 amide bonds. The van der Waals surface area contributed by atoms with Gasteiger partial charge in [-0.15, -0.1) is 0 Å². The zero-order valence-corrected chi connectivity index (χ0v) is 7.89. The zero-order chi connectivity index (χ0) is 10.8. The fourth-order valence-corrected chi connectivity index (χ4v) is 1.58. The number of rotatable bonds is 2. The molecule has 1 aliphatic heterocycles. The maximum absolute atomic E-state index is 12.0. The monoisotopic (exact) mass is 212 g/mol. The minimum absolute atomic E-state index is 0.419. The molecule has 3 nitrogen and oxygen atoms in total. The molecule has 0 aliphatic carbocycles. The van der Waals surface area contributed by atoms with E-state index in [0.29, 0.717) is 5.69 Å². The summed E-state index contributed by atoms with van der Waals surface area (Å²) in [5, 5.41) is 5.30. The van der Waals surface area contributed by atoms with Crippen molar-refractivity contribution in [1.29, 1.82) is 0 Å². The van der Waals surface area contributed by atoms with E-state index in [9.17, 15) is 13.6 Å². The Balaban J connectivity index is 2.13. The second-order valence-electron chi connectivity index (χ2n) is 3.34. The molecule has 0 aromatic heterocycles. The lowest BCUT2D eigenvalue weighted by Gasteiger charge is -2.06. The van der Waals surface area contributed by atoms with Gasteiger partial charge in [-0.3, -0.25) is 4.79 Å². The molecule has 1 aromatic carbocycles. The molecule has 2 N–H and O–H groups in total. The van der Waals surface area contributed by atoms with Gasteiger partial charge in [-0.25, -0.2) is 0 Å². The van der Waals surface area contributed by atoms with Crippen LogP contribution in [0.4, 0.5) is 20.2 Å². The van der Waals surface area contributed by atoms with Gasteiger partial charge in [0.15, 0.2) is 0 Å². The summed E-state index contributed by atoms with van der Waals surface area (Å²) in [6, 6.07) is 5.11. The summed E-state index contributed by atoms with van der Waals surface area (Å²) in [6.07, 6.45) is -2.12. The van der Waals surface area contributed by atoms with E-state index in [1.165, 1.54) is 0 Å². The molecule has 0 radical (unpaired) electrons. The lowest BCUT2D eigenvalue weighted by Crippen LogP contribution is -2.20. The Morgan fingerprint density at radius 2 is 2.27 bits per heavy atom. The maximum atomic E-state index is 12.0. The van der Waals surface area contributed by atoms with Crippen LogP contribution in [0.2, 0.25) is 0 Å². The van der Waals surface area contributed by atoms with Gasteiger partial charge in [-0.1, -0.05) is 0 Å². The molecule has 80 valence electrons. The van der Waals surface area contributed by atoms with Crippen molar-refractivity contribution in [2.24, 2.45) is 0 Å². The van der Waals surface area contributed by atoms with Crippen LogP contribution >= 0.6 is 0 Å². The number of halogens is 2.